The third-order valence-electron chi connectivity index (χ3n) is 3.76. The zero-order valence-corrected chi connectivity index (χ0v) is 14.0. The molecular weight excluding hydrogens is 306 g/mol. The fourth-order valence-corrected chi connectivity index (χ4v) is 5.27. The molecule has 1 heterocycles. The van der Waals surface area contributed by atoms with Gasteiger partial charge in [0.1, 0.15) is 0 Å². The van der Waals surface area contributed by atoms with Gasteiger partial charge in [0.05, 0.1) is 11.5 Å². The lowest BCUT2D eigenvalue weighted by atomic mass is 10.1. The summed E-state index contributed by atoms with van der Waals surface area (Å²) in [5.41, 5.74) is 1.41. The molecule has 0 aliphatic carbocycles. The molecule has 6 heteroatoms. The standard InChI is InChI=1S/C15H23NO3S2/c1-2-13-7-6-12(11-17)9-15(13)21(18,19)16-10-14-5-3-4-8-20-14/h6-7,9,14,16-17H,2-5,8,10-11H2,1H3. The van der Waals surface area contributed by atoms with E-state index in [0.717, 1.165) is 17.7 Å². The van der Waals surface area contributed by atoms with Crippen LogP contribution in [0.1, 0.15) is 37.3 Å². The van der Waals surface area contributed by atoms with Gasteiger partial charge < -0.3 is 5.11 Å². The fourth-order valence-electron chi connectivity index (χ4n) is 2.49. The fraction of sp³-hybridized carbons (Fsp3) is 0.600. The van der Waals surface area contributed by atoms with Gasteiger partial charge in [-0.15, -0.1) is 0 Å². The van der Waals surface area contributed by atoms with Crippen LogP contribution >= 0.6 is 11.8 Å². The van der Waals surface area contributed by atoms with Crippen molar-refractivity contribution in [3.05, 3.63) is 29.3 Å². The number of aliphatic hydroxyl groups is 1. The van der Waals surface area contributed by atoms with Crippen LogP contribution in [0.3, 0.4) is 0 Å². The first-order valence-corrected chi connectivity index (χ1v) is 9.94. The van der Waals surface area contributed by atoms with Crippen LogP contribution in [0.25, 0.3) is 0 Å². The molecule has 4 nitrogen and oxygen atoms in total. The topological polar surface area (TPSA) is 66.4 Å². The zero-order chi connectivity index (χ0) is 15.3. The first-order valence-electron chi connectivity index (χ1n) is 7.40. The lowest BCUT2D eigenvalue weighted by Gasteiger charge is -2.21. The van der Waals surface area contributed by atoms with Gasteiger partial charge in [-0.25, -0.2) is 13.1 Å². The van der Waals surface area contributed by atoms with Gasteiger partial charge in [-0.3, -0.25) is 0 Å². The van der Waals surface area contributed by atoms with E-state index in [4.69, 9.17) is 0 Å². The van der Waals surface area contributed by atoms with Crippen molar-refractivity contribution in [2.75, 3.05) is 12.3 Å². The van der Waals surface area contributed by atoms with Gasteiger partial charge in [0.25, 0.3) is 0 Å². The molecule has 21 heavy (non-hydrogen) atoms. The third-order valence-corrected chi connectivity index (χ3v) is 6.66. The highest BCUT2D eigenvalue weighted by Gasteiger charge is 2.21. The minimum atomic E-state index is -3.51. The molecule has 0 aromatic heterocycles. The second kappa shape index (κ2) is 7.63. The lowest BCUT2D eigenvalue weighted by molar-refractivity contribution is 0.281. The SMILES string of the molecule is CCc1ccc(CO)cc1S(=O)(=O)NCC1CCCCS1. The molecule has 1 aliphatic heterocycles. The molecule has 0 radical (unpaired) electrons. The number of nitrogens with one attached hydrogen (secondary N) is 1. The smallest absolute Gasteiger partial charge is 0.240 e. The summed E-state index contributed by atoms with van der Waals surface area (Å²) in [4.78, 5) is 0.303. The predicted molar refractivity (Wildman–Crippen MR) is 87.0 cm³/mol. The van der Waals surface area contributed by atoms with Gasteiger partial charge in [0, 0.05) is 11.8 Å². The lowest BCUT2D eigenvalue weighted by Crippen LogP contribution is -2.32. The zero-order valence-electron chi connectivity index (χ0n) is 12.3. The molecule has 0 spiro atoms. The van der Waals surface area contributed by atoms with Crippen LogP contribution < -0.4 is 4.72 Å². The van der Waals surface area contributed by atoms with Crippen LogP contribution in [0, 0.1) is 0 Å². The Morgan fingerprint density at radius 2 is 2.19 bits per heavy atom. The Labute approximate surface area is 131 Å². The summed E-state index contributed by atoms with van der Waals surface area (Å²) in [6.07, 6.45) is 4.14. The summed E-state index contributed by atoms with van der Waals surface area (Å²) in [5.74, 6) is 1.12. The molecule has 118 valence electrons. The highest BCUT2D eigenvalue weighted by atomic mass is 32.2. The molecular formula is C15H23NO3S2. The van der Waals surface area contributed by atoms with Crippen molar-refractivity contribution in [3.63, 3.8) is 0 Å². The molecule has 0 amide bonds. The van der Waals surface area contributed by atoms with Crippen LogP contribution in [-0.4, -0.2) is 31.1 Å². The maximum absolute atomic E-state index is 12.5. The first kappa shape index (κ1) is 16.8. The van der Waals surface area contributed by atoms with E-state index in [1.807, 2.05) is 18.7 Å². The molecule has 1 atom stereocenters. The van der Waals surface area contributed by atoms with E-state index >= 15 is 0 Å². The van der Waals surface area contributed by atoms with Crippen molar-refractivity contribution in [1.29, 1.82) is 0 Å². The van der Waals surface area contributed by atoms with Crippen molar-refractivity contribution in [3.8, 4) is 0 Å². The van der Waals surface area contributed by atoms with E-state index < -0.39 is 10.0 Å². The number of rotatable bonds is 6. The van der Waals surface area contributed by atoms with Gasteiger partial charge in [0.2, 0.25) is 10.0 Å². The molecule has 1 saturated heterocycles. The maximum atomic E-state index is 12.5. The van der Waals surface area contributed by atoms with Gasteiger partial charge in [-0.1, -0.05) is 25.5 Å². The monoisotopic (exact) mass is 329 g/mol. The Balaban J connectivity index is 2.14. The average molecular weight is 329 g/mol. The molecule has 2 rings (SSSR count). The van der Waals surface area contributed by atoms with E-state index in [1.54, 1.807) is 18.2 Å². The summed E-state index contributed by atoms with van der Waals surface area (Å²) in [6.45, 7) is 2.27. The number of sulfonamides is 1. The van der Waals surface area contributed by atoms with Crippen LogP contribution in [0.15, 0.2) is 23.1 Å². The van der Waals surface area contributed by atoms with Crippen LogP contribution in [0.4, 0.5) is 0 Å². The quantitative estimate of drug-likeness (QED) is 0.840. The van der Waals surface area contributed by atoms with Crippen molar-refractivity contribution < 1.29 is 13.5 Å². The molecule has 1 aliphatic rings. The van der Waals surface area contributed by atoms with E-state index in [1.165, 1.54) is 12.8 Å². The second-order valence-corrected chi connectivity index (χ2v) is 8.44. The van der Waals surface area contributed by atoms with Gasteiger partial charge in [0.15, 0.2) is 0 Å². The van der Waals surface area contributed by atoms with Crippen LogP contribution in [0.2, 0.25) is 0 Å². The Kier molecular flexibility index (Phi) is 6.10. The number of benzene rings is 1. The molecule has 2 N–H and O–H groups in total. The highest BCUT2D eigenvalue weighted by molar-refractivity contribution is 8.00. The molecule has 1 unspecified atom stereocenters. The minimum absolute atomic E-state index is 0.148. The summed E-state index contributed by atoms with van der Waals surface area (Å²) < 4.78 is 27.8. The highest BCUT2D eigenvalue weighted by Crippen LogP contribution is 2.25. The van der Waals surface area contributed by atoms with E-state index in [-0.39, 0.29) is 6.61 Å². The molecule has 1 aromatic carbocycles. The van der Waals surface area contributed by atoms with Crippen molar-refractivity contribution in [1.82, 2.24) is 4.72 Å². The first-order chi connectivity index (χ1) is 10.1. The summed E-state index contributed by atoms with van der Waals surface area (Å²) in [6, 6.07) is 5.14. The number of hydrogen-bond acceptors (Lipinski definition) is 4. The van der Waals surface area contributed by atoms with Crippen LogP contribution in [-0.2, 0) is 23.1 Å². The molecule has 0 bridgehead atoms. The van der Waals surface area contributed by atoms with Crippen molar-refractivity contribution in [2.45, 2.75) is 49.4 Å². The van der Waals surface area contributed by atoms with E-state index in [0.29, 0.717) is 28.7 Å². The van der Waals surface area contributed by atoms with Gasteiger partial charge in [-0.05, 0) is 42.2 Å². The largest absolute Gasteiger partial charge is 0.392 e. The maximum Gasteiger partial charge on any atom is 0.240 e. The minimum Gasteiger partial charge on any atom is -0.392 e. The van der Waals surface area contributed by atoms with Crippen molar-refractivity contribution >= 4 is 21.8 Å². The number of aryl methyl sites for hydroxylation is 1. The molecule has 1 aromatic rings. The Bertz CT molecular complexity index is 566. The predicted octanol–water partition coefficient (Wildman–Crippen LogP) is 2.31. The third kappa shape index (κ3) is 4.45. The van der Waals surface area contributed by atoms with Crippen LogP contribution in [0.5, 0.6) is 0 Å². The summed E-state index contributed by atoms with van der Waals surface area (Å²) in [5, 5.41) is 9.58. The van der Waals surface area contributed by atoms with E-state index in [2.05, 4.69) is 4.72 Å². The van der Waals surface area contributed by atoms with Crippen molar-refractivity contribution in [2.24, 2.45) is 0 Å². The van der Waals surface area contributed by atoms with E-state index in [9.17, 15) is 13.5 Å². The number of aliphatic hydroxyl groups excluding tert-OH is 1. The number of thioether (sulfide) groups is 1. The summed E-state index contributed by atoms with van der Waals surface area (Å²) in [7, 11) is -3.51. The number of hydrogen-bond donors (Lipinski definition) is 2. The Morgan fingerprint density at radius 3 is 2.81 bits per heavy atom. The Hall–Kier alpha value is -0.560. The summed E-state index contributed by atoms with van der Waals surface area (Å²) >= 11 is 1.85. The molecule has 1 fully saturated rings. The van der Waals surface area contributed by atoms with Gasteiger partial charge in [-0.2, -0.15) is 11.8 Å². The normalized spacial score (nSPS) is 19.6. The Morgan fingerprint density at radius 1 is 1.38 bits per heavy atom. The van der Waals surface area contributed by atoms with Gasteiger partial charge >= 0.3 is 0 Å². The molecule has 0 saturated carbocycles. The average Bonchev–Trinajstić information content (AvgIpc) is 2.53. The second-order valence-electron chi connectivity index (χ2n) is 5.29.